The molecule has 0 bridgehead atoms. The molecule has 0 aliphatic rings. The first kappa shape index (κ1) is 12.7. The van der Waals surface area contributed by atoms with Gasteiger partial charge >= 0.3 is 5.97 Å². The highest BCUT2D eigenvalue weighted by Crippen LogP contribution is 2.09. The smallest absolute Gasteiger partial charge is 0.325 e. The highest BCUT2D eigenvalue weighted by Gasteiger charge is 2.29. The lowest BCUT2D eigenvalue weighted by Gasteiger charge is -2.18. The van der Waals surface area contributed by atoms with Crippen molar-refractivity contribution in [1.82, 2.24) is 9.78 Å². The van der Waals surface area contributed by atoms with Gasteiger partial charge in [-0.25, -0.2) is 8.42 Å². The van der Waals surface area contributed by atoms with Crippen LogP contribution in [-0.2, 0) is 21.2 Å². The summed E-state index contributed by atoms with van der Waals surface area (Å²) in [7, 11) is -3.33. The van der Waals surface area contributed by atoms with Crippen LogP contribution in [0.25, 0.3) is 0 Å². The van der Waals surface area contributed by atoms with Crippen molar-refractivity contribution in [3.8, 4) is 0 Å². The van der Waals surface area contributed by atoms with Crippen LogP contribution >= 0.6 is 0 Å². The summed E-state index contributed by atoms with van der Waals surface area (Å²) in [6, 6.07) is 0. The van der Waals surface area contributed by atoms with Crippen molar-refractivity contribution in [1.29, 1.82) is 0 Å². The zero-order valence-corrected chi connectivity index (χ0v) is 9.73. The summed E-state index contributed by atoms with van der Waals surface area (Å²) in [5.74, 6) is -1.18. The highest BCUT2D eigenvalue weighted by molar-refractivity contribution is 7.90. The van der Waals surface area contributed by atoms with Gasteiger partial charge in [-0.3, -0.25) is 9.48 Å². The third-order valence-electron chi connectivity index (χ3n) is 2.02. The lowest BCUT2D eigenvalue weighted by molar-refractivity contribution is -0.143. The third kappa shape index (κ3) is 2.80. The van der Waals surface area contributed by atoms with E-state index in [-0.39, 0.29) is 11.4 Å². The van der Waals surface area contributed by atoms with Crippen LogP contribution in [0.5, 0.6) is 0 Å². The Balaban J connectivity index is 2.93. The van der Waals surface area contributed by atoms with Crippen molar-refractivity contribution in [2.45, 2.75) is 23.9 Å². The number of hydrogen-bond donors (Lipinski definition) is 2. The minimum atomic E-state index is -3.33. The molecule has 1 rings (SSSR count). The summed E-state index contributed by atoms with van der Waals surface area (Å²) in [5, 5.41) is 12.5. The number of aromatic nitrogens is 2. The molecule has 0 spiro atoms. The maximum Gasteiger partial charge on any atom is 0.325 e. The van der Waals surface area contributed by atoms with E-state index in [9.17, 15) is 13.2 Å². The van der Waals surface area contributed by atoms with Gasteiger partial charge in [0.1, 0.15) is 10.4 Å². The molecule has 1 heterocycles. The fourth-order valence-electron chi connectivity index (χ4n) is 1.03. The Labute approximate surface area is 92.8 Å². The monoisotopic (exact) mass is 247 g/mol. The number of carboxylic acids is 1. The van der Waals surface area contributed by atoms with Gasteiger partial charge in [0, 0.05) is 12.5 Å². The molecular weight excluding hydrogens is 234 g/mol. The summed E-state index contributed by atoms with van der Waals surface area (Å²) in [6.45, 7) is 1.23. The van der Waals surface area contributed by atoms with Crippen molar-refractivity contribution in [3.63, 3.8) is 0 Å². The molecule has 0 fully saturated rings. The van der Waals surface area contributed by atoms with Gasteiger partial charge in [-0.2, -0.15) is 5.10 Å². The predicted molar refractivity (Wildman–Crippen MR) is 55.6 cm³/mol. The number of carbonyl (C=O) groups is 1. The summed E-state index contributed by atoms with van der Waals surface area (Å²) < 4.78 is 23.5. The van der Waals surface area contributed by atoms with Gasteiger partial charge in [-0.15, -0.1) is 0 Å². The van der Waals surface area contributed by atoms with Crippen LogP contribution in [0.3, 0.4) is 0 Å². The quantitative estimate of drug-likeness (QED) is 0.711. The van der Waals surface area contributed by atoms with Crippen molar-refractivity contribution < 1.29 is 18.3 Å². The molecule has 1 atom stereocenters. The molecule has 0 aromatic carbocycles. The number of nitrogens with zero attached hydrogens (tertiary/aromatic N) is 2. The average molecular weight is 247 g/mol. The van der Waals surface area contributed by atoms with Gasteiger partial charge in [0.25, 0.3) is 0 Å². The zero-order valence-electron chi connectivity index (χ0n) is 8.91. The van der Waals surface area contributed by atoms with Gasteiger partial charge in [-0.1, -0.05) is 0 Å². The van der Waals surface area contributed by atoms with E-state index in [2.05, 4.69) is 5.10 Å². The van der Waals surface area contributed by atoms with Gasteiger partial charge in [0.05, 0.1) is 12.7 Å². The molecular formula is C8H13N3O4S. The topological polar surface area (TPSA) is 115 Å². The SMILES string of the molecule is CC(N)(Cn1cc(S(C)(=O)=O)cn1)C(=O)O. The van der Waals surface area contributed by atoms with E-state index in [4.69, 9.17) is 10.8 Å². The molecule has 7 nitrogen and oxygen atoms in total. The number of nitrogens with two attached hydrogens (primary N) is 1. The zero-order chi connectivity index (χ0) is 12.6. The van der Waals surface area contributed by atoms with E-state index in [0.717, 1.165) is 12.5 Å². The molecule has 0 radical (unpaired) electrons. The predicted octanol–water partition coefficient (Wildman–Crippen LogP) is -0.911. The first-order chi connectivity index (χ1) is 7.13. The summed E-state index contributed by atoms with van der Waals surface area (Å²) >= 11 is 0. The Hall–Kier alpha value is -1.41. The number of rotatable bonds is 4. The molecule has 0 amide bonds. The van der Waals surface area contributed by atoms with Crippen LogP contribution in [-0.4, -0.2) is 41.1 Å². The van der Waals surface area contributed by atoms with E-state index in [0.29, 0.717) is 0 Å². The fraction of sp³-hybridized carbons (Fsp3) is 0.500. The summed E-state index contributed by atoms with van der Waals surface area (Å²) in [4.78, 5) is 10.8. The molecule has 8 heteroatoms. The van der Waals surface area contributed by atoms with Crippen molar-refractivity contribution in [3.05, 3.63) is 12.4 Å². The molecule has 0 aliphatic carbocycles. The number of hydrogen-bond acceptors (Lipinski definition) is 5. The van der Waals surface area contributed by atoms with E-state index >= 15 is 0 Å². The summed E-state index contributed by atoms with van der Waals surface area (Å²) in [6.07, 6.45) is 3.46. The van der Waals surface area contributed by atoms with E-state index in [1.807, 2.05) is 0 Å². The van der Waals surface area contributed by atoms with Gasteiger partial charge in [0.15, 0.2) is 9.84 Å². The Morgan fingerprint density at radius 2 is 2.25 bits per heavy atom. The molecule has 0 saturated carbocycles. The second-order valence-electron chi connectivity index (χ2n) is 3.87. The second-order valence-corrected chi connectivity index (χ2v) is 5.88. The van der Waals surface area contributed by atoms with E-state index in [1.54, 1.807) is 0 Å². The molecule has 0 aliphatic heterocycles. The van der Waals surface area contributed by atoms with Crippen molar-refractivity contribution >= 4 is 15.8 Å². The molecule has 0 saturated heterocycles. The molecule has 1 unspecified atom stereocenters. The maximum atomic E-state index is 11.1. The van der Waals surface area contributed by atoms with Crippen LogP contribution in [0.15, 0.2) is 17.3 Å². The van der Waals surface area contributed by atoms with Crippen LogP contribution in [0.2, 0.25) is 0 Å². The molecule has 90 valence electrons. The molecule has 16 heavy (non-hydrogen) atoms. The number of carboxylic acid groups (broad SMARTS) is 1. The Morgan fingerprint density at radius 1 is 1.69 bits per heavy atom. The van der Waals surface area contributed by atoms with Gasteiger partial charge in [-0.05, 0) is 6.92 Å². The van der Waals surface area contributed by atoms with Gasteiger partial charge < -0.3 is 10.8 Å². The minimum Gasteiger partial charge on any atom is -0.480 e. The van der Waals surface area contributed by atoms with Gasteiger partial charge in [0.2, 0.25) is 0 Å². The molecule has 1 aromatic rings. The number of aliphatic carboxylic acids is 1. The largest absolute Gasteiger partial charge is 0.480 e. The van der Waals surface area contributed by atoms with Crippen molar-refractivity contribution in [2.24, 2.45) is 5.73 Å². The van der Waals surface area contributed by atoms with Crippen LogP contribution in [0, 0.1) is 0 Å². The van der Waals surface area contributed by atoms with Crippen molar-refractivity contribution in [2.75, 3.05) is 6.26 Å². The lowest BCUT2D eigenvalue weighted by atomic mass is 10.1. The first-order valence-corrected chi connectivity index (χ1v) is 6.27. The average Bonchev–Trinajstić information content (AvgIpc) is 2.50. The number of sulfone groups is 1. The van der Waals surface area contributed by atoms with Crippen LogP contribution in [0.1, 0.15) is 6.92 Å². The fourth-order valence-corrected chi connectivity index (χ4v) is 1.58. The normalized spacial score (nSPS) is 15.7. The van der Waals surface area contributed by atoms with E-state index in [1.165, 1.54) is 17.8 Å². The lowest BCUT2D eigenvalue weighted by Crippen LogP contribution is -2.48. The minimum absolute atomic E-state index is 0.0358. The standard InChI is InChI=1S/C8H13N3O4S/c1-8(9,7(12)13)5-11-4-6(3-10-11)16(2,14)15/h3-4H,5,9H2,1-2H3,(H,12,13). The Bertz CT molecular complexity index is 503. The highest BCUT2D eigenvalue weighted by atomic mass is 32.2. The Kier molecular flexibility index (Phi) is 3.06. The molecule has 3 N–H and O–H groups in total. The summed E-state index contributed by atoms with van der Waals surface area (Å²) in [5.41, 5.74) is 4.01. The maximum absolute atomic E-state index is 11.1. The Morgan fingerprint density at radius 3 is 2.62 bits per heavy atom. The molecule has 1 aromatic heterocycles. The van der Waals surface area contributed by atoms with Crippen LogP contribution in [0.4, 0.5) is 0 Å². The third-order valence-corrected chi connectivity index (χ3v) is 3.08. The first-order valence-electron chi connectivity index (χ1n) is 4.38. The second kappa shape index (κ2) is 3.87. The van der Waals surface area contributed by atoms with Crippen LogP contribution < -0.4 is 5.73 Å². The van der Waals surface area contributed by atoms with E-state index < -0.39 is 21.3 Å².